The van der Waals surface area contributed by atoms with Gasteiger partial charge in [0.05, 0.1) is 19.8 Å². The standard InChI is InChI=1S/C20H24N2O3/c1-25-16-8-6-14(7-9-16)18(11-21-10-15(24)13-23)19-12-22-20-5-3-2-4-17(19)20/h2-9,12,15,18,21-24H,10-11,13H2,1H3. The summed E-state index contributed by atoms with van der Waals surface area (Å²) in [5, 5.41) is 23.0. The Morgan fingerprint density at radius 3 is 2.56 bits per heavy atom. The number of hydrogen-bond donors (Lipinski definition) is 4. The lowest BCUT2D eigenvalue weighted by atomic mass is 9.90. The van der Waals surface area contributed by atoms with Gasteiger partial charge in [-0.15, -0.1) is 0 Å². The molecule has 0 spiro atoms. The van der Waals surface area contributed by atoms with E-state index in [0.29, 0.717) is 13.1 Å². The van der Waals surface area contributed by atoms with Crippen molar-refractivity contribution in [1.82, 2.24) is 10.3 Å². The third-order valence-electron chi connectivity index (χ3n) is 4.45. The van der Waals surface area contributed by atoms with Gasteiger partial charge >= 0.3 is 0 Å². The molecular weight excluding hydrogens is 316 g/mol. The number of nitrogens with one attached hydrogen (secondary N) is 2. The Bertz CT molecular complexity index is 798. The zero-order chi connectivity index (χ0) is 17.6. The second kappa shape index (κ2) is 8.16. The van der Waals surface area contributed by atoms with Crippen LogP contribution in [0.25, 0.3) is 10.9 Å². The van der Waals surface area contributed by atoms with Gasteiger partial charge in [-0.1, -0.05) is 30.3 Å². The minimum atomic E-state index is -0.750. The van der Waals surface area contributed by atoms with Crippen molar-refractivity contribution in [1.29, 1.82) is 0 Å². The summed E-state index contributed by atoms with van der Waals surface area (Å²) >= 11 is 0. The van der Waals surface area contributed by atoms with E-state index in [2.05, 4.69) is 34.6 Å². The summed E-state index contributed by atoms with van der Waals surface area (Å²) in [6, 6.07) is 16.3. The predicted molar refractivity (Wildman–Crippen MR) is 99.1 cm³/mol. The van der Waals surface area contributed by atoms with Crippen LogP contribution < -0.4 is 10.1 Å². The van der Waals surface area contributed by atoms with Gasteiger partial charge in [-0.25, -0.2) is 0 Å². The van der Waals surface area contributed by atoms with Crippen molar-refractivity contribution in [2.24, 2.45) is 0 Å². The number of para-hydroxylation sites is 1. The van der Waals surface area contributed by atoms with Crippen molar-refractivity contribution < 1.29 is 14.9 Å². The summed E-state index contributed by atoms with van der Waals surface area (Å²) in [5.41, 5.74) is 3.47. The highest BCUT2D eigenvalue weighted by molar-refractivity contribution is 5.84. The van der Waals surface area contributed by atoms with Crippen molar-refractivity contribution >= 4 is 10.9 Å². The number of aliphatic hydroxyl groups is 2. The number of hydrogen-bond acceptors (Lipinski definition) is 4. The van der Waals surface area contributed by atoms with Crippen LogP contribution in [0.4, 0.5) is 0 Å². The Kier molecular flexibility index (Phi) is 5.71. The first-order valence-corrected chi connectivity index (χ1v) is 8.42. The van der Waals surface area contributed by atoms with Gasteiger partial charge in [-0.3, -0.25) is 0 Å². The van der Waals surface area contributed by atoms with E-state index >= 15 is 0 Å². The van der Waals surface area contributed by atoms with Crippen LogP contribution in [0.15, 0.2) is 54.7 Å². The Balaban J connectivity index is 1.90. The van der Waals surface area contributed by atoms with Crippen molar-refractivity contribution in [2.45, 2.75) is 12.0 Å². The number of H-pyrrole nitrogens is 1. The molecule has 3 rings (SSSR count). The second-order valence-corrected chi connectivity index (χ2v) is 6.11. The van der Waals surface area contributed by atoms with Gasteiger partial charge in [-0.2, -0.15) is 0 Å². The van der Waals surface area contributed by atoms with Gasteiger partial charge in [0.1, 0.15) is 5.75 Å². The first-order valence-electron chi connectivity index (χ1n) is 8.42. The molecule has 5 heteroatoms. The lowest BCUT2D eigenvalue weighted by Gasteiger charge is -2.19. The summed E-state index contributed by atoms with van der Waals surface area (Å²) in [4.78, 5) is 3.33. The molecule has 132 valence electrons. The fraction of sp³-hybridized carbons (Fsp3) is 0.300. The highest BCUT2D eigenvalue weighted by Gasteiger charge is 2.18. The summed E-state index contributed by atoms with van der Waals surface area (Å²) in [5.74, 6) is 0.943. The summed E-state index contributed by atoms with van der Waals surface area (Å²) in [7, 11) is 1.66. The Hall–Kier alpha value is -2.34. The maximum absolute atomic E-state index is 9.58. The fourth-order valence-corrected chi connectivity index (χ4v) is 3.08. The number of fused-ring (bicyclic) bond motifs is 1. The molecule has 0 aliphatic heterocycles. The Labute approximate surface area is 147 Å². The first kappa shape index (κ1) is 17.5. The van der Waals surface area contributed by atoms with Crippen LogP contribution in [-0.4, -0.2) is 48.1 Å². The molecule has 0 aliphatic carbocycles. The highest BCUT2D eigenvalue weighted by atomic mass is 16.5. The van der Waals surface area contributed by atoms with Crippen LogP contribution in [0.1, 0.15) is 17.0 Å². The maximum atomic E-state index is 9.58. The van der Waals surface area contributed by atoms with Crippen molar-refractivity contribution in [2.75, 3.05) is 26.8 Å². The van der Waals surface area contributed by atoms with Crippen LogP contribution >= 0.6 is 0 Å². The van der Waals surface area contributed by atoms with Crippen LogP contribution in [0.2, 0.25) is 0 Å². The van der Waals surface area contributed by atoms with Crippen LogP contribution in [0.5, 0.6) is 5.75 Å². The van der Waals surface area contributed by atoms with E-state index in [9.17, 15) is 5.11 Å². The molecule has 0 saturated heterocycles. The molecule has 0 radical (unpaired) electrons. The lowest BCUT2D eigenvalue weighted by Crippen LogP contribution is -2.32. The van der Waals surface area contributed by atoms with Crippen molar-refractivity contribution in [3.63, 3.8) is 0 Å². The number of aromatic amines is 1. The van der Waals surface area contributed by atoms with Gasteiger partial charge in [0.15, 0.2) is 0 Å². The number of rotatable bonds is 8. The van der Waals surface area contributed by atoms with E-state index < -0.39 is 6.10 Å². The van der Waals surface area contributed by atoms with Crippen molar-refractivity contribution in [3.05, 3.63) is 65.9 Å². The zero-order valence-corrected chi connectivity index (χ0v) is 14.3. The molecular formula is C20H24N2O3. The zero-order valence-electron chi connectivity index (χ0n) is 14.3. The smallest absolute Gasteiger partial charge is 0.118 e. The number of methoxy groups -OCH3 is 1. The lowest BCUT2D eigenvalue weighted by molar-refractivity contribution is 0.0944. The van der Waals surface area contributed by atoms with E-state index in [-0.39, 0.29) is 12.5 Å². The molecule has 3 aromatic rings. The Morgan fingerprint density at radius 1 is 1.08 bits per heavy atom. The monoisotopic (exact) mass is 340 g/mol. The number of aliphatic hydroxyl groups excluding tert-OH is 2. The minimum Gasteiger partial charge on any atom is -0.497 e. The molecule has 0 amide bonds. The molecule has 0 fully saturated rings. The van der Waals surface area contributed by atoms with E-state index in [1.807, 2.05) is 30.5 Å². The van der Waals surface area contributed by atoms with E-state index in [1.54, 1.807) is 7.11 Å². The number of aromatic nitrogens is 1. The predicted octanol–water partition coefficient (Wildman–Crippen LogP) is 2.25. The summed E-state index contributed by atoms with van der Waals surface area (Å²) in [6.45, 7) is 0.768. The first-order chi connectivity index (χ1) is 12.2. The topological polar surface area (TPSA) is 77.5 Å². The molecule has 2 atom stereocenters. The molecule has 25 heavy (non-hydrogen) atoms. The molecule has 0 bridgehead atoms. The molecule has 4 N–H and O–H groups in total. The van der Waals surface area contributed by atoms with Gasteiger partial charge in [0.25, 0.3) is 0 Å². The minimum absolute atomic E-state index is 0.118. The van der Waals surface area contributed by atoms with Crippen LogP contribution in [0, 0.1) is 0 Å². The van der Waals surface area contributed by atoms with Gasteiger partial charge in [0.2, 0.25) is 0 Å². The third-order valence-corrected chi connectivity index (χ3v) is 4.45. The van der Waals surface area contributed by atoms with Gasteiger partial charge < -0.3 is 25.3 Å². The van der Waals surface area contributed by atoms with Crippen LogP contribution in [0.3, 0.4) is 0 Å². The average molecular weight is 340 g/mol. The number of benzene rings is 2. The molecule has 0 saturated carbocycles. The molecule has 2 unspecified atom stereocenters. The van der Waals surface area contributed by atoms with Gasteiger partial charge in [-0.05, 0) is 29.3 Å². The highest BCUT2D eigenvalue weighted by Crippen LogP contribution is 2.31. The van der Waals surface area contributed by atoms with Gasteiger partial charge in [0, 0.05) is 36.1 Å². The summed E-state index contributed by atoms with van der Waals surface area (Å²) in [6.07, 6.45) is 1.29. The normalized spacial score (nSPS) is 13.7. The molecule has 5 nitrogen and oxygen atoms in total. The Morgan fingerprint density at radius 2 is 1.84 bits per heavy atom. The molecule has 2 aromatic carbocycles. The average Bonchev–Trinajstić information content (AvgIpc) is 3.09. The molecule has 1 heterocycles. The molecule has 1 aromatic heterocycles. The van der Waals surface area contributed by atoms with E-state index in [4.69, 9.17) is 9.84 Å². The van der Waals surface area contributed by atoms with Crippen molar-refractivity contribution in [3.8, 4) is 5.75 Å². The third kappa shape index (κ3) is 4.02. The van der Waals surface area contributed by atoms with Crippen LogP contribution in [-0.2, 0) is 0 Å². The maximum Gasteiger partial charge on any atom is 0.118 e. The van der Waals surface area contributed by atoms with E-state index in [1.165, 1.54) is 10.9 Å². The van der Waals surface area contributed by atoms with E-state index in [0.717, 1.165) is 16.8 Å². The largest absolute Gasteiger partial charge is 0.497 e. The quantitative estimate of drug-likeness (QED) is 0.507. The molecule has 0 aliphatic rings. The SMILES string of the molecule is COc1ccc(C(CNCC(O)CO)c2c[nH]c3ccccc23)cc1. The number of ether oxygens (including phenoxy) is 1. The second-order valence-electron chi connectivity index (χ2n) is 6.11. The summed E-state index contributed by atoms with van der Waals surface area (Å²) < 4.78 is 5.25. The fourth-order valence-electron chi connectivity index (χ4n) is 3.08.